The largest absolute Gasteiger partial charge is 0.298 e. The molecule has 2 aromatic heterocycles. The van der Waals surface area contributed by atoms with Gasteiger partial charge >= 0.3 is 0 Å². The molecule has 0 saturated heterocycles. The summed E-state index contributed by atoms with van der Waals surface area (Å²) >= 11 is 7.39. The normalized spacial score (nSPS) is 11.0. The fourth-order valence-electron chi connectivity index (χ4n) is 3.79. The first-order valence-electron chi connectivity index (χ1n) is 10.7. The van der Waals surface area contributed by atoms with E-state index in [9.17, 15) is 9.59 Å². The molecule has 34 heavy (non-hydrogen) atoms. The summed E-state index contributed by atoms with van der Waals surface area (Å²) in [5.41, 5.74) is 2.89. The van der Waals surface area contributed by atoms with Crippen molar-refractivity contribution in [3.63, 3.8) is 0 Å². The van der Waals surface area contributed by atoms with Crippen molar-refractivity contribution in [3.05, 3.63) is 99.8 Å². The number of nitrogens with one attached hydrogen (secondary N) is 1. The Morgan fingerprint density at radius 3 is 2.35 bits per heavy atom. The first-order valence-corrected chi connectivity index (χ1v) is 11.9. The van der Waals surface area contributed by atoms with E-state index in [1.807, 2.05) is 67.6 Å². The van der Waals surface area contributed by atoms with Crippen LogP contribution in [0.3, 0.4) is 0 Å². The topological polar surface area (TPSA) is 76.9 Å². The summed E-state index contributed by atoms with van der Waals surface area (Å²) in [6, 6.07) is 24.3. The lowest BCUT2D eigenvalue weighted by Crippen LogP contribution is -2.32. The highest BCUT2D eigenvalue weighted by Gasteiger charge is 2.25. The molecule has 3 aromatic carbocycles. The van der Waals surface area contributed by atoms with E-state index >= 15 is 0 Å². The first-order chi connectivity index (χ1) is 16.5. The van der Waals surface area contributed by atoms with Gasteiger partial charge in [0.15, 0.2) is 5.13 Å². The van der Waals surface area contributed by atoms with Crippen LogP contribution in [0.4, 0.5) is 5.13 Å². The molecule has 8 heteroatoms. The number of carbonyl (C=O) groups is 1. The lowest BCUT2D eigenvalue weighted by molar-refractivity contribution is 0.102. The van der Waals surface area contributed by atoms with Gasteiger partial charge in [-0.1, -0.05) is 83.6 Å². The maximum Gasteiger partial charge on any atom is 0.280 e. The average Bonchev–Trinajstić information content (AvgIpc) is 3.25. The van der Waals surface area contributed by atoms with Gasteiger partial charge in [0.2, 0.25) is 0 Å². The van der Waals surface area contributed by atoms with Crippen LogP contribution < -0.4 is 10.9 Å². The molecule has 0 atom stereocenters. The summed E-state index contributed by atoms with van der Waals surface area (Å²) in [6.45, 7) is 2.15. The van der Waals surface area contributed by atoms with Crippen LogP contribution in [0.25, 0.3) is 32.6 Å². The highest BCUT2D eigenvalue weighted by Crippen LogP contribution is 2.33. The molecule has 168 valence electrons. The Hall–Kier alpha value is -3.81. The number of hydrogen-bond acceptors (Lipinski definition) is 5. The Morgan fingerprint density at radius 1 is 1.00 bits per heavy atom. The van der Waals surface area contributed by atoms with Crippen molar-refractivity contribution in [2.24, 2.45) is 0 Å². The minimum Gasteiger partial charge on any atom is -0.298 e. The quantitative estimate of drug-likeness (QED) is 0.325. The molecule has 0 aliphatic heterocycles. The van der Waals surface area contributed by atoms with Crippen molar-refractivity contribution < 1.29 is 4.79 Å². The van der Waals surface area contributed by atoms with Crippen LogP contribution in [0.5, 0.6) is 0 Å². The minimum atomic E-state index is -0.532. The Morgan fingerprint density at radius 2 is 1.68 bits per heavy atom. The minimum absolute atomic E-state index is 0.0270. The fourth-order valence-corrected chi connectivity index (χ4v) is 4.93. The molecule has 0 saturated carbocycles. The number of amides is 1. The van der Waals surface area contributed by atoms with Crippen LogP contribution in [-0.4, -0.2) is 20.7 Å². The van der Waals surface area contributed by atoms with Gasteiger partial charge in [0.1, 0.15) is 5.56 Å². The second-order valence-electron chi connectivity index (χ2n) is 7.54. The van der Waals surface area contributed by atoms with Gasteiger partial charge in [-0.15, -0.1) is 0 Å². The summed E-state index contributed by atoms with van der Waals surface area (Å²) < 4.78 is 2.17. The molecule has 5 aromatic rings. The highest BCUT2D eigenvalue weighted by atomic mass is 35.5. The van der Waals surface area contributed by atoms with E-state index in [-0.39, 0.29) is 5.56 Å². The SMILES string of the molecule is CCn1nc(-c2ccccc2)c(-c2ccccc2)c(C(=O)Nc2nc3ccc(Cl)cc3s2)c1=O. The van der Waals surface area contributed by atoms with Crippen LogP contribution in [0.1, 0.15) is 17.3 Å². The number of anilines is 1. The molecule has 1 N–H and O–H groups in total. The number of hydrogen-bond donors (Lipinski definition) is 1. The molecule has 0 bridgehead atoms. The van der Waals surface area contributed by atoms with Crippen LogP contribution in [0.2, 0.25) is 5.02 Å². The van der Waals surface area contributed by atoms with Gasteiger partial charge in [-0.2, -0.15) is 5.10 Å². The van der Waals surface area contributed by atoms with E-state index in [0.717, 1.165) is 21.3 Å². The van der Waals surface area contributed by atoms with Gasteiger partial charge < -0.3 is 0 Å². The molecule has 0 spiro atoms. The smallest absolute Gasteiger partial charge is 0.280 e. The van der Waals surface area contributed by atoms with Gasteiger partial charge in [0.25, 0.3) is 11.5 Å². The molecular weight excluding hydrogens is 468 g/mol. The molecule has 2 heterocycles. The van der Waals surface area contributed by atoms with Crippen molar-refractivity contribution in [3.8, 4) is 22.4 Å². The predicted octanol–water partition coefficient (Wildman–Crippen LogP) is 6.11. The summed E-state index contributed by atoms with van der Waals surface area (Å²) in [6.07, 6.45) is 0. The average molecular weight is 487 g/mol. The molecule has 0 radical (unpaired) electrons. The van der Waals surface area contributed by atoms with Crippen molar-refractivity contribution in [2.75, 3.05) is 5.32 Å². The number of halogens is 1. The van der Waals surface area contributed by atoms with E-state index < -0.39 is 11.5 Å². The van der Waals surface area contributed by atoms with Crippen LogP contribution in [0.15, 0.2) is 83.7 Å². The van der Waals surface area contributed by atoms with Crippen molar-refractivity contribution in [2.45, 2.75) is 13.5 Å². The monoisotopic (exact) mass is 486 g/mol. The molecule has 0 aliphatic carbocycles. The number of thiazole rings is 1. The Kier molecular flexibility index (Phi) is 5.96. The zero-order valence-corrected chi connectivity index (χ0v) is 19.7. The summed E-state index contributed by atoms with van der Waals surface area (Å²) in [5, 5.41) is 8.44. The number of nitrogens with zero attached hydrogens (tertiary/aromatic N) is 3. The molecule has 0 unspecified atom stereocenters. The summed E-state index contributed by atoms with van der Waals surface area (Å²) in [4.78, 5) is 31.5. The molecular formula is C26H19ClN4O2S. The zero-order valence-electron chi connectivity index (χ0n) is 18.2. The number of benzene rings is 3. The standard InChI is InChI=1S/C26H19ClN4O2S/c1-2-31-25(33)22(24(32)29-26-28-19-14-13-18(27)15-20(19)34-26)21(16-9-5-3-6-10-16)23(30-31)17-11-7-4-8-12-17/h3-15H,2H2,1H3,(H,28,29,32). The van der Waals surface area contributed by atoms with Crippen molar-refractivity contribution >= 4 is 44.2 Å². The van der Waals surface area contributed by atoms with Crippen LogP contribution in [-0.2, 0) is 6.54 Å². The lowest BCUT2D eigenvalue weighted by Gasteiger charge is -2.16. The first kappa shape index (κ1) is 22.0. The summed E-state index contributed by atoms with van der Waals surface area (Å²) in [5.74, 6) is -0.532. The third-order valence-electron chi connectivity index (χ3n) is 5.36. The molecule has 1 amide bonds. The zero-order chi connectivity index (χ0) is 23.7. The van der Waals surface area contributed by atoms with E-state index in [4.69, 9.17) is 11.6 Å². The Labute approximate surface area is 204 Å². The Balaban J connectivity index is 1.71. The number of rotatable bonds is 5. The van der Waals surface area contributed by atoms with Gasteiger partial charge in [-0.3, -0.25) is 14.9 Å². The van der Waals surface area contributed by atoms with Crippen molar-refractivity contribution in [1.82, 2.24) is 14.8 Å². The van der Waals surface area contributed by atoms with Crippen LogP contribution in [0, 0.1) is 0 Å². The molecule has 6 nitrogen and oxygen atoms in total. The van der Waals surface area contributed by atoms with Gasteiger partial charge in [-0.25, -0.2) is 9.67 Å². The van der Waals surface area contributed by atoms with Gasteiger partial charge in [0, 0.05) is 22.7 Å². The molecule has 0 fully saturated rings. The third kappa shape index (κ3) is 4.11. The fraction of sp³-hybridized carbons (Fsp3) is 0.0769. The maximum atomic E-state index is 13.6. The van der Waals surface area contributed by atoms with E-state index in [1.165, 1.54) is 16.0 Å². The number of aromatic nitrogens is 3. The molecule has 5 rings (SSSR count). The maximum absolute atomic E-state index is 13.6. The van der Waals surface area contributed by atoms with Gasteiger partial charge in [-0.05, 0) is 30.7 Å². The number of aryl methyl sites for hydroxylation is 1. The van der Waals surface area contributed by atoms with Crippen LogP contribution >= 0.6 is 22.9 Å². The third-order valence-corrected chi connectivity index (χ3v) is 6.53. The lowest BCUT2D eigenvalue weighted by atomic mass is 9.95. The number of carbonyl (C=O) groups excluding carboxylic acids is 1. The van der Waals surface area contributed by atoms with E-state index in [0.29, 0.717) is 28.0 Å². The van der Waals surface area contributed by atoms with E-state index in [1.54, 1.807) is 18.2 Å². The number of fused-ring (bicyclic) bond motifs is 1. The molecule has 0 aliphatic rings. The van der Waals surface area contributed by atoms with E-state index in [2.05, 4.69) is 15.4 Å². The second-order valence-corrected chi connectivity index (χ2v) is 9.00. The second kappa shape index (κ2) is 9.21. The van der Waals surface area contributed by atoms with Crippen molar-refractivity contribution in [1.29, 1.82) is 0 Å². The summed E-state index contributed by atoms with van der Waals surface area (Å²) in [7, 11) is 0. The highest BCUT2D eigenvalue weighted by molar-refractivity contribution is 7.22. The van der Waals surface area contributed by atoms with Gasteiger partial charge in [0.05, 0.1) is 15.9 Å². The Bertz CT molecular complexity index is 1560. The predicted molar refractivity (Wildman–Crippen MR) is 138 cm³/mol.